The number of rotatable bonds is 7. The van der Waals surface area contributed by atoms with Crippen molar-refractivity contribution in [1.29, 1.82) is 0 Å². The SMILES string of the molecule is COc1cccc(C2=CCN(CC(=O)NC[C@@H]3CCN(c4ccccc4)C3)CC2)c1. The molecule has 0 aliphatic carbocycles. The van der Waals surface area contributed by atoms with Gasteiger partial charge in [-0.15, -0.1) is 0 Å². The summed E-state index contributed by atoms with van der Waals surface area (Å²) in [6.45, 7) is 5.03. The van der Waals surface area contributed by atoms with Crippen LogP contribution in [0.1, 0.15) is 18.4 Å². The number of nitrogens with one attached hydrogen (secondary N) is 1. The van der Waals surface area contributed by atoms with E-state index >= 15 is 0 Å². The Hall–Kier alpha value is -2.79. The van der Waals surface area contributed by atoms with Crippen molar-refractivity contribution in [2.45, 2.75) is 12.8 Å². The molecule has 0 bridgehead atoms. The predicted octanol–water partition coefficient (Wildman–Crippen LogP) is 3.43. The van der Waals surface area contributed by atoms with E-state index in [1.54, 1.807) is 7.11 Å². The van der Waals surface area contributed by atoms with Crippen LogP contribution in [0.2, 0.25) is 0 Å². The van der Waals surface area contributed by atoms with Gasteiger partial charge < -0.3 is 15.0 Å². The van der Waals surface area contributed by atoms with Gasteiger partial charge in [0.1, 0.15) is 5.75 Å². The lowest BCUT2D eigenvalue weighted by atomic mass is 9.99. The maximum absolute atomic E-state index is 12.5. The summed E-state index contributed by atoms with van der Waals surface area (Å²) in [6.07, 6.45) is 4.32. The van der Waals surface area contributed by atoms with Gasteiger partial charge in [0.2, 0.25) is 5.91 Å². The van der Waals surface area contributed by atoms with Gasteiger partial charge in [-0.05, 0) is 54.2 Å². The van der Waals surface area contributed by atoms with E-state index < -0.39 is 0 Å². The summed E-state index contributed by atoms with van der Waals surface area (Å²) >= 11 is 0. The fraction of sp³-hybridized carbons (Fsp3) is 0.400. The minimum absolute atomic E-state index is 0.131. The fourth-order valence-electron chi connectivity index (χ4n) is 4.33. The molecule has 30 heavy (non-hydrogen) atoms. The monoisotopic (exact) mass is 405 g/mol. The van der Waals surface area contributed by atoms with Crippen molar-refractivity contribution in [2.75, 3.05) is 51.3 Å². The van der Waals surface area contributed by atoms with Crippen LogP contribution in [0.5, 0.6) is 5.75 Å². The lowest BCUT2D eigenvalue weighted by Gasteiger charge is -2.26. The lowest BCUT2D eigenvalue weighted by Crippen LogP contribution is -2.41. The molecule has 0 unspecified atom stereocenters. The molecule has 1 atom stereocenters. The predicted molar refractivity (Wildman–Crippen MR) is 122 cm³/mol. The van der Waals surface area contributed by atoms with Crippen LogP contribution in [0.25, 0.3) is 5.57 Å². The van der Waals surface area contributed by atoms with Crippen LogP contribution in [0.4, 0.5) is 5.69 Å². The molecule has 2 heterocycles. The Bertz CT molecular complexity index is 881. The highest BCUT2D eigenvalue weighted by Crippen LogP contribution is 2.25. The van der Waals surface area contributed by atoms with E-state index in [4.69, 9.17) is 4.74 Å². The highest BCUT2D eigenvalue weighted by atomic mass is 16.5. The van der Waals surface area contributed by atoms with Gasteiger partial charge in [0.15, 0.2) is 0 Å². The van der Waals surface area contributed by atoms with E-state index in [9.17, 15) is 4.79 Å². The standard InChI is InChI=1S/C25H31N3O2/c1-30-24-9-5-6-22(16-24)21-11-13-27(14-12-21)19-25(29)26-17-20-10-15-28(18-20)23-7-3-2-4-8-23/h2-9,11,16,20H,10,12-15,17-19H2,1H3,(H,26,29)/t20-/m0/s1. The Morgan fingerprint density at radius 3 is 2.77 bits per heavy atom. The summed E-state index contributed by atoms with van der Waals surface area (Å²) < 4.78 is 5.33. The van der Waals surface area contributed by atoms with Crippen LogP contribution in [-0.4, -0.2) is 57.2 Å². The zero-order valence-electron chi connectivity index (χ0n) is 17.7. The Balaban J connectivity index is 1.20. The van der Waals surface area contributed by atoms with Crippen molar-refractivity contribution in [3.8, 4) is 5.75 Å². The second-order valence-electron chi connectivity index (χ2n) is 8.19. The molecule has 1 amide bonds. The highest BCUT2D eigenvalue weighted by molar-refractivity contribution is 5.78. The van der Waals surface area contributed by atoms with Gasteiger partial charge in [-0.2, -0.15) is 0 Å². The van der Waals surface area contributed by atoms with Gasteiger partial charge in [0, 0.05) is 38.4 Å². The van der Waals surface area contributed by atoms with Gasteiger partial charge in [0.25, 0.3) is 0 Å². The minimum atomic E-state index is 0.131. The molecule has 4 rings (SSSR count). The Morgan fingerprint density at radius 1 is 1.13 bits per heavy atom. The molecule has 2 aromatic carbocycles. The first-order chi connectivity index (χ1) is 14.7. The summed E-state index contributed by atoms with van der Waals surface area (Å²) in [5.41, 5.74) is 3.82. The average molecular weight is 406 g/mol. The van der Waals surface area contributed by atoms with E-state index in [2.05, 4.69) is 57.6 Å². The van der Waals surface area contributed by atoms with Crippen molar-refractivity contribution in [2.24, 2.45) is 5.92 Å². The van der Waals surface area contributed by atoms with Crippen LogP contribution in [0.15, 0.2) is 60.7 Å². The number of methoxy groups -OCH3 is 1. The molecule has 2 aliphatic heterocycles. The van der Waals surface area contributed by atoms with Gasteiger partial charge >= 0.3 is 0 Å². The number of amides is 1. The molecule has 5 heteroatoms. The molecular weight excluding hydrogens is 374 g/mol. The molecule has 2 aromatic rings. The highest BCUT2D eigenvalue weighted by Gasteiger charge is 2.23. The normalized spacial score (nSPS) is 19.4. The second-order valence-corrected chi connectivity index (χ2v) is 8.19. The van der Waals surface area contributed by atoms with Crippen molar-refractivity contribution < 1.29 is 9.53 Å². The van der Waals surface area contributed by atoms with Crippen LogP contribution in [-0.2, 0) is 4.79 Å². The third-order valence-electron chi connectivity index (χ3n) is 6.10. The third-order valence-corrected chi connectivity index (χ3v) is 6.10. The Kier molecular flexibility index (Phi) is 6.70. The molecular formula is C25H31N3O2. The molecule has 5 nitrogen and oxygen atoms in total. The first-order valence-electron chi connectivity index (χ1n) is 10.8. The zero-order chi connectivity index (χ0) is 20.8. The minimum Gasteiger partial charge on any atom is -0.497 e. The van der Waals surface area contributed by atoms with Gasteiger partial charge in [-0.25, -0.2) is 0 Å². The number of para-hydroxylation sites is 1. The smallest absolute Gasteiger partial charge is 0.234 e. The molecule has 1 saturated heterocycles. The molecule has 158 valence electrons. The summed E-state index contributed by atoms with van der Waals surface area (Å²) in [4.78, 5) is 17.1. The first-order valence-corrected chi connectivity index (χ1v) is 10.8. The molecule has 0 spiro atoms. The van der Waals surface area contributed by atoms with Crippen LogP contribution in [0.3, 0.4) is 0 Å². The first kappa shape index (κ1) is 20.5. The number of hydrogen-bond donors (Lipinski definition) is 1. The van der Waals surface area contributed by atoms with Gasteiger partial charge in [-0.3, -0.25) is 9.69 Å². The lowest BCUT2D eigenvalue weighted by molar-refractivity contribution is -0.122. The maximum Gasteiger partial charge on any atom is 0.234 e. The van der Waals surface area contributed by atoms with Crippen molar-refractivity contribution in [3.05, 3.63) is 66.2 Å². The van der Waals surface area contributed by atoms with Crippen molar-refractivity contribution in [3.63, 3.8) is 0 Å². The maximum atomic E-state index is 12.5. The molecule has 1 fully saturated rings. The summed E-state index contributed by atoms with van der Waals surface area (Å²) in [5.74, 6) is 1.54. The van der Waals surface area contributed by atoms with E-state index in [1.807, 2.05) is 18.2 Å². The molecule has 1 N–H and O–H groups in total. The number of anilines is 1. The largest absolute Gasteiger partial charge is 0.497 e. The number of hydrogen-bond acceptors (Lipinski definition) is 4. The number of benzene rings is 2. The van der Waals surface area contributed by atoms with E-state index in [0.29, 0.717) is 12.5 Å². The fourth-order valence-corrected chi connectivity index (χ4v) is 4.33. The van der Waals surface area contributed by atoms with Crippen LogP contribution >= 0.6 is 0 Å². The second kappa shape index (κ2) is 9.81. The number of carbonyl (C=O) groups is 1. The number of ether oxygens (including phenoxy) is 1. The molecule has 2 aliphatic rings. The van der Waals surface area contributed by atoms with Gasteiger partial charge in [-0.1, -0.05) is 36.4 Å². The topological polar surface area (TPSA) is 44.8 Å². The van der Waals surface area contributed by atoms with Crippen molar-refractivity contribution >= 4 is 17.2 Å². The van der Waals surface area contributed by atoms with E-state index in [1.165, 1.54) is 16.8 Å². The Morgan fingerprint density at radius 2 is 2.00 bits per heavy atom. The van der Waals surface area contributed by atoms with Crippen LogP contribution < -0.4 is 15.0 Å². The zero-order valence-corrected chi connectivity index (χ0v) is 17.7. The Labute approximate surface area is 179 Å². The summed E-state index contributed by atoms with van der Waals surface area (Å²) in [7, 11) is 1.69. The quantitative estimate of drug-likeness (QED) is 0.767. The summed E-state index contributed by atoms with van der Waals surface area (Å²) in [5, 5.41) is 3.16. The van der Waals surface area contributed by atoms with Crippen molar-refractivity contribution in [1.82, 2.24) is 10.2 Å². The molecule has 0 aromatic heterocycles. The van der Waals surface area contributed by atoms with E-state index in [0.717, 1.165) is 51.3 Å². The van der Waals surface area contributed by atoms with Crippen LogP contribution in [0, 0.1) is 5.92 Å². The molecule has 0 radical (unpaired) electrons. The average Bonchev–Trinajstić information content (AvgIpc) is 3.28. The third kappa shape index (κ3) is 5.22. The van der Waals surface area contributed by atoms with Gasteiger partial charge in [0.05, 0.1) is 13.7 Å². The molecule has 0 saturated carbocycles. The summed E-state index contributed by atoms with van der Waals surface area (Å²) in [6, 6.07) is 18.7. The van der Waals surface area contributed by atoms with E-state index in [-0.39, 0.29) is 5.91 Å². The number of carbonyl (C=O) groups excluding carboxylic acids is 1. The number of nitrogens with zero attached hydrogens (tertiary/aromatic N) is 2.